The van der Waals surface area contributed by atoms with Crippen molar-refractivity contribution in [3.63, 3.8) is 0 Å². The minimum atomic E-state index is -0.913. The number of benzene rings is 1. The third-order valence-corrected chi connectivity index (χ3v) is 3.86. The highest BCUT2D eigenvalue weighted by molar-refractivity contribution is 6.34. The van der Waals surface area contributed by atoms with Crippen LogP contribution in [0.5, 0.6) is 0 Å². The van der Waals surface area contributed by atoms with Gasteiger partial charge < -0.3 is 10.0 Å². The molecule has 1 atom stereocenters. The maximum atomic E-state index is 11.3. The lowest BCUT2D eigenvalue weighted by Gasteiger charge is -2.31. The van der Waals surface area contributed by atoms with Crippen molar-refractivity contribution in [2.75, 3.05) is 11.4 Å². The van der Waals surface area contributed by atoms with Gasteiger partial charge in [-0.3, -0.25) is 0 Å². The SMILES string of the molecule is CC1CCCCCN1c1c(Cl)cccc1C(=O)O. The average molecular weight is 268 g/mol. The molecule has 0 saturated carbocycles. The van der Waals surface area contributed by atoms with Crippen LogP contribution in [0.4, 0.5) is 5.69 Å². The van der Waals surface area contributed by atoms with Crippen LogP contribution in [0, 0.1) is 0 Å². The van der Waals surface area contributed by atoms with Crippen molar-refractivity contribution in [1.82, 2.24) is 0 Å². The maximum absolute atomic E-state index is 11.3. The lowest BCUT2D eigenvalue weighted by molar-refractivity contribution is 0.0697. The second-order valence-electron chi connectivity index (χ2n) is 4.83. The van der Waals surface area contributed by atoms with E-state index in [0.717, 1.165) is 19.4 Å². The summed E-state index contributed by atoms with van der Waals surface area (Å²) in [6, 6.07) is 5.42. The molecule has 0 bridgehead atoms. The van der Waals surface area contributed by atoms with Gasteiger partial charge in [0.25, 0.3) is 0 Å². The first kappa shape index (κ1) is 13.2. The van der Waals surface area contributed by atoms with Crippen LogP contribution < -0.4 is 4.90 Å². The van der Waals surface area contributed by atoms with Crippen LogP contribution in [-0.4, -0.2) is 23.7 Å². The van der Waals surface area contributed by atoms with E-state index >= 15 is 0 Å². The summed E-state index contributed by atoms with van der Waals surface area (Å²) >= 11 is 6.22. The lowest BCUT2D eigenvalue weighted by Crippen LogP contribution is -2.34. The van der Waals surface area contributed by atoms with Crippen LogP contribution in [0.1, 0.15) is 43.0 Å². The van der Waals surface area contributed by atoms with Crippen molar-refractivity contribution < 1.29 is 9.90 Å². The van der Waals surface area contributed by atoms with Gasteiger partial charge in [-0.1, -0.05) is 30.5 Å². The number of carboxylic acid groups (broad SMARTS) is 1. The van der Waals surface area contributed by atoms with E-state index in [9.17, 15) is 9.90 Å². The molecule has 1 fully saturated rings. The van der Waals surface area contributed by atoms with Gasteiger partial charge in [-0.05, 0) is 31.9 Å². The van der Waals surface area contributed by atoms with Crippen molar-refractivity contribution in [2.45, 2.75) is 38.6 Å². The molecule has 0 aromatic heterocycles. The number of rotatable bonds is 2. The molecular formula is C14H18ClNO2. The van der Waals surface area contributed by atoms with Gasteiger partial charge >= 0.3 is 5.97 Å². The van der Waals surface area contributed by atoms with Gasteiger partial charge in [-0.15, -0.1) is 0 Å². The molecule has 3 nitrogen and oxygen atoms in total. The average Bonchev–Trinajstić information content (AvgIpc) is 2.54. The summed E-state index contributed by atoms with van der Waals surface area (Å²) in [4.78, 5) is 13.5. The quantitative estimate of drug-likeness (QED) is 0.886. The third kappa shape index (κ3) is 2.61. The number of carbonyl (C=O) groups is 1. The molecule has 1 aliphatic rings. The predicted molar refractivity (Wildman–Crippen MR) is 73.7 cm³/mol. The second kappa shape index (κ2) is 5.61. The lowest BCUT2D eigenvalue weighted by atomic mass is 10.1. The van der Waals surface area contributed by atoms with E-state index in [1.54, 1.807) is 18.2 Å². The topological polar surface area (TPSA) is 40.5 Å². The van der Waals surface area contributed by atoms with Gasteiger partial charge in [0.15, 0.2) is 0 Å². The molecule has 4 heteroatoms. The summed E-state index contributed by atoms with van der Waals surface area (Å²) in [5.74, 6) is -0.913. The molecule has 1 aromatic rings. The summed E-state index contributed by atoms with van der Waals surface area (Å²) in [6.07, 6.45) is 4.58. The highest BCUT2D eigenvalue weighted by Gasteiger charge is 2.24. The number of anilines is 1. The van der Waals surface area contributed by atoms with E-state index in [0.29, 0.717) is 22.3 Å². The smallest absolute Gasteiger partial charge is 0.337 e. The maximum Gasteiger partial charge on any atom is 0.337 e. The summed E-state index contributed by atoms with van der Waals surface area (Å²) in [5.41, 5.74) is 0.984. The molecule has 2 rings (SSSR count). The zero-order valence-corrected chi connectivity index (χ0v) is 11.3. The number of carboxylic acids is 1. The fourth-order valence-electron chi connectivity index (χ4n) is 2.59. The van der Waals surface area contributed by atoms with Crippen molar-refractivity contribution in [1.29, 1.82) is 0 Å². The molecule has 0 spiro atoms. The number of hydrogen-bond donors (Lipinski definition) is 1. The van der Waals surface area contributed by atoms with Crippen LogP contribution in [0.25, 0.3) is 0 Å². The molecule has 0 amide bonds. The number of aromatic carboxylic acids is 1. The van der Waals surface area contributed by atoms with E-state index in [4.69, 9.17) is 11.6 Å². The first-order chi connectivity index (χ1) is 8.61. The van der Waals surface area contributed by atoms with Gasteiger partial charge in [-0.25, -0.2) is 4.79 Å². The van der Waals surface area contributed by atoms with Gasteiger partial charge in [0.05, 0.1) is 16.3 Å². The Labute approximate surface area is 112 Å². The van der Waals surface area contributed by atoms with Gasteiger partial charge in [0.1, 0.15) is 0 Å². The van der Waals surface area contributed by atoms with E-state index in [-0.39, 0.29) is 0 Å². The van der Waals surface area contributed by atoms with Gasteiger partial charge in [0, 0.05) is 12.6 Å². The second-order valence-corrected chi connectivity index (χ2v) is 5.24. The van der Waals surface area contributed by atoms with Crippen LogP contribution in [0.15, 0.2) is 18.2 Å². The summed E-state index contributed by atoms with van der Waals surface area (Å²) in [6.45, 7) is 3.02. The Morgan fingerprint density at radius 3 is 2.89 bits per heavy atom. The van der Waals surface area contributed by atoms with Crippen molar-refractivity contribution in [3.05, 3.63) is 28.8 Å². The first-order valence-electron chi connectivity index (χ1n) is 6.39. The highest BCUT2D eigenvalue weighted by atomic mass is 35.5. The number of nitrogens with zero attached hydrogens (tertiary/aromatic N) is 1. The molecule has 1 heterocycles. The van der Waals surface area contributed by atoms with Crippen LogP contribution in [0.3, 0.4) is 0 Å². The number of hydrogen-bond acceptors (Lipinski definition) is 2. The standard InChI is InChI=1S/C14H18ClNO2/c1-10-6-3-2-4-9-16(10)13-11(14(17)18)7-5-8-12(13)15/h5,7-8,10H,2-4,6,9H2,1H3,(H,17,18). The highest BCUT2D eigenvalue weighted by Crippen LogP contribution is 2.33. The van der Waals surface area contributed by atoms with Crippen LogP contribution in [-0.2, 0) is 0 Å². The molecule has 0 aliphatic carbocycles. The molecule has 1 saturated heterocycles. The van der Waals surface area contributed by atoms with Crippen molar-refractivity contribution >= 4 is 23.3 Å². The molecule has 0 radical (unpaired) electrons. The monoisotopic (exact) mass is 267 g/mol. The van der Waals surface area contributed by atoms with Crippen molar-refractivity contribution in [2.24, 2.45) is 0 Å². The Morgan fingerprint density at radius 1 is 1.39 bits per heavy atom. The molecule has 1 aromatic carbocycles. The van der Waals surface area contributed by atoms with E-state index in [1.165, 1.54) is 12.8 Å². The van der Waals surface area contributed by atoms with Gasteiger partial charge in [0.2, 0.25) is 0 Å². The molecule has 18 heavy (non-hydrogen) atoms. The minimum Gasteiger partial charge on any atom is -0.478 e. The Balaban J connectivity index is 2.44. The van der Waals surface area contributed by atoms with E-state index < -0.39 is 5.97 Å². The zero-order chi connectivity index (χ0) is 13.1. The van der Waals surface area contributed by atoms with Crippen LogP contribution >= 0.6 is 11.6 Å². The molecule has 1 aliphatic heterocycles. The number of halogens is 1. The van der Waals surface area contributed by atoms with Crippen molar-refractivity contribution in [3.8, 4) is 0 Å². The summed E-state index contributed by atoms with van der Waals surface area (Å²) < 4.78 is 0. The largest absolute Gasteiger partial charge is 0.478 e. The number of para-hydroxylation sites is 1. The van der Waals surface area contributed by atoms with Gasteiger partial charge in [-0.2, -0.15) is 0 Å². The predicted octanol–water partition coefficient (Wildman–Crippen LogP) is 3.81. The normalized spacial score (nSPS) is 20.6. The molecule has 1 unspecified atom stereocenters. The van der Waals surface area contributed by atoms with E-state index in [2.05, 4.69) is 11.8 Å². The fourth-order valence-corrected chi connectivity index (χ4v) is 2.87. The molecule has 98 valence electrons. The summed E-state index contributed by atoms with van der Waals surface area (Å²) in [5, 5.41) is 9.82. The Kier molecular flexibility index (Phi) is 4.12. The Hall–Kier alpha value is -1.22. The third-order valence-electron chi connectivity index (χ3n) is 3.56. The van der Waals surface area contributed by atoms with E-state index in [1.807, 2.05) is 0 Å². The molecule has 1 N–H and O–H groups in total. The Bertz CT molecular complexity index is 447. The summed E-state index contributed by atoms with van der Waals surface area (Å²) in [7, 11) is 0. The fraction of sp³-hybridized carbons (Fsp3) is 0.500. The Morgan fingerprint density at radius 2 is 2.17 bits per heavy atom. The van der Waals surface area contributed by atoms with Crippen LogP contribution in [0.2, 0.25) is 5.02 Å². The molecular weight excluding hydrogens is 250 g/mol. The minimum absolute atomic E-state index is 0.302. The zero-order valence-electron chi connectivity index (χ0n) is 10.5. The first-order valence-corrected chi connectivity index (χ1v) is 6.77.